The van der Waals surface area contributed by atoms with Crippen LogP contribution in [0.2, 0.25) is 0 Å². The minimum atomic E-state index is -3.42. The van der Waals surface area contributed by atoms with Gasteiger partial charge in [-0.05, 0) is 12.8 Å². The highest BCUT2D eigenvalue weighted by molar-refractivity contribution is 7.89. The molecule has 1 aliphatic rings. The van der Waals surface area contributed by atoms with Crippen LogP contribution in [0.4, 0.5) is 0 Å². The average Bonchev–Trinajstić information content (AvgIpc) is 2.38. The van der Waals surface area contributed by atoms with E-state index < -0.39 is 15.4 Å². The van der Waals surface area contributed by atoms with Gasteiger partial charge in [0.25, 0.3) is 0 Å². The number of sulfonamides is 1. The van der Waals surface area contributed by atoms with Gasteiger partial charge in [-0.2, -0.15) is 0 Å². The van der Waals surface area contributed by atoms with Crippen molar-refractivity contribution in [2.75, 3.05) is 12.4 Å². The van der Waals surface area contributed by atoms with Crippen LogP contribution in [0.3, 0.4) is 0 Å². The summed E-state index contributed by atoms with van der Waals surface area (Å²) in [5.74, 6) is -0.0211. The molecule has 0 saturated heterocycles. The maximum atomic E-state index is 11.1. The third kappa shape index (κ3) is 7.01. The Hall–Kier alpha value is -0.130. The molecule has 2 N–H and O–H groups in total. The molecule has 1 rings (SSSR count). The second-order valence-electron chi connectivity index (χ2n) is 5.90. The van der Waals surface area contributed by atoms with E-state index in [1.807, 2.05) is 13.8 Å². The molecular weight excluding hydrogens is 238 g/mol. The summed E-state index contributed by atoms with van der Waals surface area (Å²) in [6.07, 6.45) is 7.54. The van der Waals surface area contributed by atoms with Gasteiger partial charge < -0.3 is 4.74 Å². The van der Waals surface area contributed by atoms with Crippen molar-refractivity contribution in [1.29, 1.82) is 0 Å². The Morgan fingerprint density at radius 3 is 2.18 bits per heavy atom. The highest BCUT2D eigenvalue weighted by atomic mass is 32.2. The van der Waals surface area contributed by atoms with Crippen LogP contribution in [0.5, 0.6) is 0 Å². The summed E-state index contributed by atoms with van der Waals surface area (Å²) >= 11 is 0. The lowest BCUT2D eigenvalue weighted by atomic mass is 9.98. The molecule has 0 heterocycles. The Morgan fingerprint density at radius 1 is 1.18 bits per heavy atom. The number of primary sulfonamides is 1. The second-order valence-corrected chi connectivity index (χ2v) is 7.51. The smallest absolute Gasteiger partial charge is 0.209 e. The van der Waals surface area contributed by atoms with Crippen LogP contribution >= 0.6 is 0 Å². The third-order valence-electron chi connectivity index (χ3n) is 3.10. The first-order valence-corrected chi connectivity index (χ1v) is 8.12. The van der Waals surface area contributed by atoms with Crippen molar-refractivity contribution in [2.45, 2.75) is 58.5 Å². The normalized spacial score (nSPS) is 20.2. The van der Waals surface area contributed by atoms with Gasteiger partial charge in [-0.15, -0.1) is 0 Å². The number of rotatable bonds is 5. The topological polar surface area (TPSA) is 69.4 Å². The Bertz CT molecular complexity index is 317. The zero-order valence-corrected chi connectivity index (χ0v) is 11.8. The largest absolute Gasteiger partial charge is 0.378 e. The molecule has 0 amide bonds. The Morgan fingerprint density at radius 2 is 1.71 bits per heavy atom. The molecule has 5 heteroatoms. The van der Waals surface area contributed by atoms with E-state index in [9.17, 15) is 8.42 Å². The molecule has 0 radical (unpaired) electrons. The minimum absolute atomic E-state index is 0.0211. The van der Waals surface area contributed by atoms with Gasteiger partial charge in [0.1, 0.15) is 0 Å². The van der Waals surface area contributed by atoms with Gasteiger partial charge >= 0.3 is 0 Å². The van der Waals surface area contributed by atoms with Gasteiger partial charge in [0.15, 0.2) is 0 Å². The van der Waals surface area contributed by atoms with Crippen LogP contribution in [-0.2, 0) is 14.8 Å². The van der Waals surface area contributed by atoms with Crippen LogP contribution in [0, 0.1) is 5.41 Å². The van der Waals surface area contributed by atoms with E-state index in [0.717, 1.165) is 12.8 Å². The predicted octanol–water partition coefficient (Wildman–Crippen LogP) is 2.04. The monoisotopic (exact) mass is 263 g/mol. The van der Waals surface area contributed by atoms with Crippen molar-refractivity contribution in [2.24, 2.45) is 10.6 Å². The Balaban J connectivity index is 2.37. The van der Waals surface area contributed by atoms with Crippen molar-refractivity contribution < 1.29 is 13.2 Å². The minimum Gasteiger partial charge on any atom is -0.378 e. The number of ether oxygens (including phenoxy) is 1. The molecule has 102 valence electrons. The fourth-order valence-corrected chi connectivity index (χ4v) is 3.51. The van der Waals surface area contributed by atoms with E-state index in [2.05, 4.69) is 0 Å². The molecule has 4 nitrogen and oxygen atoms in total. The summed E-state index contributed by atoms with van der Waals surface area (Å²) in [5.41, 5.74) is -0.403. The highest BCUT2D eigenvalue weighted by Crippen LogP contribution is 2.23. The summed E-state index contributed by atoms with van der Waals surface area (Å²) in [6.45, 7) is 4.23. The van der Waals surface area contributed by atoms with Crippen molar-refractivity contribution in [3.63, 3.8) is 0 Å². The summed E-state index contributed by atoms with van der Waals surface area (Å²) in [5, 5.41) is 5.07. The molecule has 0 aromatic heterocycles. The second kappa shape index (κ2) is 6.16. The van der Waals surface area contributed by atoms with Crippen LogP contribution < -0.4 is 5.14 Å². The summed E-state index contributed by atoms with van der Waals surface area (Å²) in [6, 6.07) is 0. The fourth-order valence-electron chi connectivity index (χ4n) is 2.34. The first-order chi connectivity index (χ1) is 7.79. The van der Waals surface area contributed by atoms with E-state index in [1.165, 1.54) is 25.7 Å². The molecule has 0 unspecified atom stereocenters. The summed E-state index contributed by atoms with van der Waals surface area (Å²) in [4.78, 5) is 0. The molecule has 1 fully saturated rings. The van der Waals surface area contributed by atoms with Crippen molar-refractivity contribution in [1.82, 2.24) is 0 Å². The van der Waals surface area contributed by atoms with Crippen LogP contribution in [0.15, 0.2) is 0 Å². The van der Waals surface area contributed by atoms with E-state index in [4.69, 9.17) is 9.88 Å². The maximum absolute atomic E-state index is 11.1. The summed E-state index contributed by atoms with van der Waals surface area (Å²) in [7, 11) is -3.42. The number of nitrogens with two attached hydrogens (primary N) is 1. The third-order valence-corrected chi connectivity index (χ3v) is 4.29. The van der Waals surface area contributed by atoms with Gasteiger partial charge in [-0.25, -0.2) is 13.6 Å². The van der Waals surface area contributed by atoms with Gasteiger partial charge in [0.05, 0.1) is 18.5 Å². The molecule has 0 bridgehead atoms. The Labute approximate surface area is 105 Å². The molecule has 0 spiro atoms. The highest BCUT2D eigenvalue weighted by Gasteiger charge is 2.26. The standard InChI is InChI=1S/C12H25NO3S/c1-12(2,10-17(13,14)15)9-16-11-7-5-3-4-6-8-11/h11H,3-10H2,1-2H3,(H2,13,14,15). The zero-order valence-electron chi connectivity index (χ0n) is 10.9. The van der Waals surface area contributed by atoms with E-state index in [0.29, 0.717) is 12.7 Å². The van der Waals surface area contributed by atoms with E-state index in [-0.39, 0.29) is 5.75 Å². The predicted molar refractivity (Wildman–Crippen MR) is 69.2 cm³/mol. The van der Waals surface area contributed by atoms with Crippen molar-refractivity contribution >= 4 is 10.0 Å². The van der Waals surface area contributed by atoms with Gasteiger partial charge in [0.2, 0.25) is 10.0 Å². The zero-order chi connectivity index (χ0) is 12.9. The van der Waals surface area contributed by atoms with Gasteiger partial charge in [-0.1, -0.05) is 39.5 Å². The lowest BCUT2D eigenvalue weighted by Gasteiger charge is -2.26. The van der Waals surface area contributed by atoms with E-state index >= 15 is 0 Å². The van der Waals surface area contributed by atoms with Crippen LogP contribution in [0.1, 0.15) is 52.4 Å². The molecular formula is C12H25NO3S. The lowest BCUT2D eigenvalue weighted by molar-refractivity contribution is 0.00231. The first-order valence-electron chi connectivity index (χ1n) is 6.41. The number of hydrogen-bond donors (Lipinski definition) is 1. The molecule has 0 atom stereocenters. The van der Waals surface area contributed by atoms with Gasteiger partial charge in [-0.3, -0.25) is 0 Å². The fraction of sp³-hybridized carbons (Fsp3) is 1.00. The van der Waals surface area contributed by atoms with Gasteiger partial charge in [0, 0.05) is 5.41 Å². The molecule has 0 aliphatic heterocycles. The molecule has 1 aliphatic carbocycles. The Kier molecular flexibility index (Phi) is 5.41. The maximum Gasteiger partial charge on any atom is 0.209 e. The SMILES string of the molecule is CC(C)(COC1CCCCCC1)CS(N)(=O)=O. The van der Waals surface area contributed by atoms with E-state index in [1.54, 1.807) is 0 Å². The number of hydrogen-bond acceptors (Lipinski definition) is 3. The molecule has 1 saturated carbocycles. The molecule has 0 aromatic carbocycles. The lowest BCUT2D eigenvalue weighted by Crippen LogP contribution is -2.34. The average molecular weight is 263 g/mol. The van der Waals surface area contributed by atoms with Crippen LogP contribution in [0.25, 0.3) is 0 Å². The van der Waals surface area contributed by atoms with Crippen molar-refractivity contribution in [3.8, 4) is 0 Å². The molecule has 0 aromatic rings. The quantitative estimate of drug-likeness (QED) is 0.772. The van der Waals surface area contributed by atoms with Crippen LogP contribution in [-0.4, -0.2) is 26.9 Å². The van der Waals surface area contributed by atoms with Crippen molar-refractivity contribution in [3.05, 3.63) is 0 Å². The summed E-state index contributed by atoms with van der Waals surface area (Å²) < 4.78 is 28.0. The molecule has 17 heavy (non-hydrogen) atoms. The first kappa shape index (κ1) is 14.9.